The summed E-state index contributed by atoms with van der Waals surface area (Å²) in [7, 11) is 0. The zero-order valence-corrected chi connectivity index (χ0v) is 12.0. The van der Waals surface area contributed by atoms with Crippen molar-refractivity contribution in [1.82, 2.24) is 9.80 Å². The van der Waals surface area contributed by atoms with Crippen molar-refractivity contribution < 1.29 is 56.7 Å². The second-order valence-corrected chi connectivity index (χ2v) is 4.00. The second kappa shape index (κ2) is 17.2. The summed E-state index contributed by atoms with van der Waals surface area (Å²) in [5.74, 6) is -4.91. The Hall–Kier alpha value is 0.319. The van der Waals surface area contributed by atoms with Crippen molar-refractivity contribution in [1.29, 1.82) is 0 Å². The Labute approximate surface area is 187 Å². The van der Waals surface area contributed by atoms with Crippen LogP contribution < -0.4 is 0 Å². The van der Waals surface area contributed by atoms with E-state index in [0.29, 0.717) is 0 Å². The van der Waals surface area contributed by atoms with Crippen LogP contribution in [0.25, 0.3) is 0 Å². The molecule has 0 unspecified atom stereocenters. The number of rotatable bonds is 11. The van der Waals surface area contributed by atoms with Crippen molar-refractivity contribution in [2.24, 2.45) is 0 Å². The molecule has 0 aliphatic rings. The maximum atomic E-state index is 10.6. The van der Waals surface area contributed by atoms with E-state index in [4.69, 9.17) is 20.4 Å². The SMILES string of the molecule is O=C(O)CN(CCN(CC(=O)O)CC(=O)O)CC(=O)O.[Fe].[NaH].[NaH]. The molecule has 0 aliphatic heterocycles. The molecule has 0 aromatic rings. The van der Waals surface area contributed by atoms with E-state index in [9.17, 15) is 19.2 Å². The van der Waals surface area contributed by atoms with E-state index in [1.54, 1.807) is 0 Å². The molecule has 0 heterocycles. The molecule has 0 aromatic heterocycles. The number of aliphatic carboxylic acids is 4. The molecule has 0 bridgehead atoms. The third-order valence-electron chi connectivity index (χ3n) is 2.17. The van der Waals surface area contributed by atoms with Crippen LogP contribution >= 0.6 is 0 Å². The Bertz CT molecular complexity index is 331. The molecule has 0 saturated heterocycles. The fourth-order valence-corrected chi connectivity index (χ4v) is 1.48. The van der Waals surface area contributed by atoms with Crippen molar-refractivity contribution in [2.45, 2.75) is 0 Å². The fraction of sp³-hybridized carbons (Fsp3) is 0.600. The number of hydrogen-bond acceptors (Lipinski definition) is 6. The predicted octanol–water partition coefficient (Wildman–Crippen LogP) is -3.37. The van der Waals surface area contributed by atoms with Crippen LogP contribution in [-0.2, 0) is 36.2 Å². The van der Waals surface area contributed by atoms with Gasteiger partial charge < -0.3 is 20.4 Å². The van der Waals surface area contributed by atoms with Gasteiger partial charge in [-0.25, -0.2) is 0 Å². The first-order valence-corrected chi connectivity index (χ1v) is 5.52. The van der Waals surface area contributed by atoms with Crippen LogP contribution in [0.2, 0.25) is 0 Å². The van der Waals surface area contributed by atoms with Crippen molar-refractivity contribution in [2.75, 3.05) is 39.3 Å². The predicted molar refractivity (Wildman–Crippen MR) is 77.7 cm³/mol. The average Bonchev–Trinajstić information content (AvgIpc) is 2.22. The van der Waals surface area contributed by atoms with E-state index in [1.807, 2.05) is 0 Å². The number of carboxylic acids is 4. The summed E-state index contributed by atoms with van der Waals surface area (Å²) in [5, 5.41) is 34.5. The van der Waals surface area contributed by atoms with Gasteiger partial charge in [-0.05, 0) is 0 Å². The molecular formula is C10H18FeN2Na2O8. The van der Waals surface area contributed by atoms with Gasteiger partial charge in [0, 0.05) is 30.2 Å². The van der Waals surface area contributed by atoms with Gasteiger partial charge >= 0.3 is 83.0 Å². The van der Waals surface area contributed by atoms with Crippen LogP contribution in [0, 0.1) is 0 Å². The Morgan fingerprint density at radius 3 is 0.870 bits per heavy atom. The topological polar surface area (TPSA) is 156 Å². The minimum atomic E-state index is -1.23. The molecule has 4 N–H and O–H groups in total. The third kappa shape index (κ3) is 20.3. The molecule has 0 aromatic carbocycles. The molecule has 0 atom stereocenters. The van der Waals surface area contributed by atoms with Crippen molar-refractivity contribution in [3.05, 3.63) is 0 Å². The molecule has 0 fully saturated rings. The molecule has 10 nitrogen and oxygen atoms in total. The minimum absolute atomic E-state index is 0. The van der Waals surface area contributed by atoms with E-state index in [-0.39, 0.29) is 89.3 Å². The zero-order chi connectivity index (χ0) is 15.7. The first-order chi connectivity index (χ1) is 9.20. The van der Waals surface area contributed by atoms with Crippen molar-refractivity contribution in [3.63, 3.8) is 0 Å². The molecule has 0 radical (unpaired) electrons. The van der Waals surface area contributed by atoms with Gasteiger partial charge in [-0.3, -0.25) is 29.0 Å². The maximum absolute atomic E-state index is 10.6. The number of hydrogen-bond donors (Lipinski definition) is 4. The molecule has 126 valence electrons. The fourth-order valence-electron chi connectivity index (χ4n) is 1.48. The molecular weight excluding hydrogens is 378 g/mol. The van der Waals surface area contributed by atoms with E-state index < -0.39 is 50.1 Å². The van der Waals surface area contributed by atoms with Gasteiger partial charge in [0.1, 0.15) is 0 Å². The summed E-state index contributed by atoms with van der Waals surface area (Å²) in [6, 6.07) is 0. The zero-order valence-electron chi connectivity index (χ0n) is 10.9. The summed E-state index contributed by atoms with van der Waals surface area (Å²) in [6.45, 7) is -2.25. The number of carbonyl (C=O) groups is 4. The van der Waals surface area contributed by atoms with Crippen LogP contribution in [0.1, 0.15) is 0 Å². The van der Waals surface area contributed by atoms with Crippen LogP contribution in [0.4, 0.5) is 0 Å². The standard InChI is InChI=1S/C10H16N2O8.Fe.2Na.2H/c13-7(14)3-11(4-8(15)16)1-2-12(5-9(17)18)6-10(19)20;;;;;/h1-6H2,(H,13,14)(H,15,16)(H,17,18)(H,19,20);;;;;. The molecule has 0 rings (SSSR count). The van der Waals surface area contributed by atoms with E-state index >= 15 is 0 Å². The second-order valence-electron chi connectivity index (χ2n) is 4.00. The van der Waals surface area contributed by atoms with Crippen LogP contribution in [0.3, 0.4) is 0 Å². The number of nitrogens with zero attached hydrogens (tertiary/aromatic N) is 2. The molecule has 0 aliphatic carbocycles. The van der Waals surface area contributed by atoms with Gasteiger partial charge in [0.05, 0.1) is 26.2 Å². The first kappa shape index (κ1) is 31.1. The van der Waals surface area contributed by atoms with Gasteiger partial charge in [-0.2, -0.15) is 0 Å². The molecule has 0 amide bonds. The first-order valence-electron chi connectivity index (χ1n) is 5.52. The molecule has 0 spiro atoms. The number of carboxylic acid groups (broad SMARTS) is 4. The van der Waals surface area contributed by atoms with Gasteiger partial charge in [-0.15, -0.1) is 0 Å². The van der Waals surface area contributed by atoms with Crippen molar-refractivity contribution >= 4 is 83.0 Å². The van der Waals surface area contributed by atoms with Crippen LogP contribution in [-0.4, -0.2) is 152 Å². The Morgan fingerprint density at radius 1 is 0.565 bits per heavy atom. The van der Waals surface area contributed by atoms with Gasteiger partial charge in [0.25, 0.3) is 0 Å². The van der Waals surface area contributed by atoms with Gasteiger partial charge in [-0.1, -0.05) is 0 Å². The third-order valence-corrected chi connectivity index (χ3v) is 2.17. The molecule has 13 heteroatoms. The quantitative estimate of drug-likeness (QED) is 0.260. The summed E-state index contributed by atoms with van der Waals surface area (Å²) in [4.78, 5) is 44.4. The van der Waals surface area contributed by atoms with Gasteiger partial charge in [0.15, 0.2) is 0 Å². The van der Waals surface area contributed by atoms with Crippen molar-refractivity contribution in [3.8, 4) is 0 Å². The Morgan fingerprint density at radius 2 is 0.739 bits per heavy atom. The van der Waals surface area contributed by atoms with E-state index in [1.165, 1.54) is 0 Å². The summed E-state index contributed by atoms with van der Waals surface area (Å²) >= 11 is 0. The molecule has 0 saturated carbocycles. The summed E-state index contributed by atoms with van der Waals surface area (Å²) in [5.41, 5.74) is 0. The van der Waals surface area contributed by atoms with Crippen LogP contribution in [0.5, 0.6) is 0 Å². The Kier molecular flexibility index (Phi) is 23.2. The van der Waals surface area contributed by atoms with E-state index in [2.05, 4.69) is 0 Å². The summed E-state index contributed by atoms with van der Waals surface area (Å²) < 4.78 is 0. The average molecular weight is 396 g/mol. The summed E-state index contributed by atoms with van der Waals surface area (Å²) in [6.07, 6.45) is 0. The monoisotopic (exact) mass is 396 g/mol. The van der Waals surface area contributed by atoms with Crippen LogP contribution in [0.15, 0.2) is 0 Å². The molecule has 23 heavy (non-hydrogen) atoms. The van der Waals surface area contributed by atoms with E-state index in [0.717, 1.165) is 9.80 Å². The Balaban J connectivity index is -0.000000602. The van der Waals surface area contributed by atoms with Gasteiger partial charge in [0.2, 0.25) is 0 Å². The normalized spacial score (nSPS) is 9.30.